The van der Waals surface area contributed by atoms with Crippen LogP contribution in [0.25, 0.3) is 5.69 Å². The third-order valence-electron chi connectivity index (χ3n) is 5.67. The number of nitrogens with one attached hydrogen (secondary N) is 1. The molecule has 0 atom stereocenters. The number of amides is 1. The van der Waals surface area contributed by atoms with E-state index < -0.39 is 0 Å². The van der Waals surface area contributed by atoms with E-state index in [4.69, 9.17) is 9.47 Å². The Morgan fingerprint density at radius 2 is 1.79 bits per heavy atom. The number of carbonyl (C=O) groups is 2. The Morgan fingerprint density at radius 1 is 1.07 bits per heavy atom. The molecule has 4 rings (SSSR count). The monoisotopic (exact) mass is 384 g/mol. The molecular weight excluding hydrogens is 358 g/mol. The molecular formula is C21H26N3O4+. The second kappa shape index (κ2) is 7.31. The van der Waals surface area contributed by atoms with Gasteiger partial charge in [0, 0.05) is 35.6 Å². The van der Waals surface area contributed by atoms with Crippen molar-refractivity contribution in [2.24, 2.45) is 0 Å². The van der Waals surface area contributed by atoms with E-state index in [9.17, 15) is 9.59 Å². The number of Topliss-reactive ketones (excluding diaryl/α,β-unsaturated/α-hetero) is 1. The van der Waals surface area contributed by atoms with Crippen LogP contribution in [0.5, 0.6) is 11.5 Å². The first-order valence-electron chi connectivity index (χ1n) is 9.65. The van der Waals surface area contributed by atoms with E-state index in [1.54, 1.807) is 6.92 Å². The van der Waals surface area contributed by atoms with Gasteiger partial charge in [0.05, 0.1) is 26.2 Å². The van der Waals surface area contributed by atoms with Crippen LogP contribution in [0.4, 0.5) is 0 Å². The highest BCUT2D eigenvalue weighted by Gasteiger charge is 2.26. The number of aryl methyl sites for hydroxylation is 1. The number of fused-ring (bicyclic) bond motifs is 1. The average molecular weight is 384 g/mol. The van der Waals surface area contributed by atoms with Crippen LogP contribution >= 0.6 is 0 Å². The number of rotatable bonds is 4. The summed E-state index contributed by atoms with van der Waals surface area (Å²) in [5, 5.41) is 0. The minimum Gasteiger partial charge on any atom is -0.454 e. The maximum absolute atomic E-state index is 13.0. The summed E-state index contributed by atoms with van der Waals surface area (Å²) >= 11 is 0. The number of carbonyl (C=O) groups excluding carboxylic acids is 2. The summed E-state index contributed by atoms with van der Waals surface area (Å²) in [6.45, 7) is 9.34. The van der Waals surface area contributed by atoms with E-state index in [1.807, 2.05) is 43.0 Å². The topological polar surface area (TPSA) is 65.2 Å². The van der Waals surface area contributed by atoms with E-state index in [1.165, 1.54) is 4.90 Å². The zero-order chi connectivity index (χ0) is 19.8. The molecule has 7 nitrogen and oxygen atoms in total. The Kier molecular flexibility index (Phi) is 4.85. The summed E-state index contributed by atoms with van der Waals surface area (Å²) in [5.41, 5.74) is 3.66. The van der Waals surface area contributed by atoms with Crippen LogP contribution in [-0.4, -0.2) is 60.7 Å². The SMILES string of the molecule is CC(=O)N1CC[NH+](CC(=O)c2cc(C)n(-c3ccc4c(c3)OCO4)c2C)CC1. The van der Waals surface area contributed by atoms with Gasteiger partial charge in [0.2, 0.25) is 18.5 Å². The zero-order valence-corrected chi connectivity index (χ0v) is 16.6. The first-order chi connectivity index (χ1) is 13.4. The quantitative estimate of drug-likeness (QED) is 0.791. The molecule has 2 aliphatic rings. The molecule has 28 heavy (non-hydrogen) atoms. The van der Waals surface area contributed by atoms with Crippen LogP contribution in [0, 0.1) is 13.8 Å². The first kappa shape index (κ1) is 18.6. The minimum absolute atomic E-state index is 0.109. The predicted molar refractivity (Wildman–Crippen MR) is 104 cm³/mol. The smallest absolute Gasteiger partial charge is 0.231 e. The molecule has 1 saturated heterocycles. The first-order valence-corrected chi connectivity index (χ1v) is 9.65. The molecule has 1 aromatic carbocycles. The summed E-state index contributed by atoms with van der Waals surface area (Å²) in [7, 11) is 0. The van der Waals surface area contributed by atoms with Crippen molar-refractivity contribution in [2.45, 2.75) is 20.8 Å². The fourth-order valence-corrected chi connectivity index (χ4v) is 4.10. The molecule has 1 aromatic heterocycles. The van der Waals surface area contributed by atoms with Gasteiger partial charge in [0.1, 0.15) is 6.54 Å². The van der Waals surface area contributed by atoms with E-state index >= 15 is 0 Å². The lowest BCUT2D eigenvalue weighted by atomic mass is 10.1. The maximum atomic E-state index is 13.0. The summed E-state index contributed by atoms with van der Waals surface area (Å²) in [6.07, 6.45) is 0. The van der Waals surface area contributed by atoms with Crippen LogP contribution in [0.2, 0.25) is 0 Å². The molecule has 7 heteroatoms. The van der Waals surface area contributed by atoms with Crippen molar-refractivity contribution >= 4 is 11.7 Å². The predicted octanol–water partition coefficient (Wildman–Crippen LogP) is 0.753. The Morgan fingerprint density at radius 3 is 2.50 bits per heavy atom. The Hall–Kier alpha value is -2.80. The van der Waals surface area contributed by atoms with Gasteiger partial charge >= 0.3 is 0 Å². The molecule has 0 aliphatic carbocycles. The van der Waals surface area contributed by atoms with Crippen LogP contribution in [0.1, 0.15) is 28.7 Å². The normalized spacial score (nSPS) is 16.5. The van der Waals surface area contributed by atoms with E-state index in [-0.39, 0.29) is 18.5 Å². The molecule has 0 unspecified atom stereocenters. The van der Waals surface area contributed by atoms with E-state index in [2.05, 4.69) is 4.57 Å². The number of quaternary nitrogens is 1. The molecule has 0 bridgehead atoms. The molecule has 1 amide bonds. The molecule has 0 saturated carbocycles. The van der Waals surface area contributed by atoms with E-state index in [0.29, 0.717) is 19.6 Å². The van der Waals surface area contributed by atoms with Crippen LogP contribution in [0.3, 0.4) is 0 Å². The van der Waals surface area contributed by atoms with Gasteiger partial charge in [-0.05, 0) is 32.0 Å². The number of piperazine rings is 1. The van der Waals surface area contributed by atoms with Crippen LogP contribution in [-0.2, 0) is 4.79 Å². The highest BCUT2D eigenvalue weighted by molar-refractivity contribution is 5.98. The van der Waals surface area contributed by atoms with Crippen molar-refractivity contribution in [3.8, 4) is 17.2 Å². The minimum atomic E-state index is 0.109. The molecule has 1 fully saturated rings. The van der Waals surface area contributed by atoms with Crippen molar-refractivity contribution in [1.82, 2.24) is 9.47 Å². The van der Waals surface area contributed by atoms with Gasteiger partial charge in [-0.25, -0.2) is 0 Å². The summed E-state index contributed by atoms with van der Waals surface area (Å²) < 4.78 is 13.0. The van der Waals surface area contributed by atoms with Gasteiger partial charge < -0.3 is 23.8 Å². The van der Waals surface area contributed by atoms with Crippen molar-refractivity contribution in [2.75, 3.05) is 39.5 Å². The third kappa shape index (κ3) is 3.38. The maximum Gasteiger partial charge on any atom is 0.231 e. The fourth-order valence-electron chi connectivity index (χ4n) is 4.10. The Bertz CT molecular complexity index is 926. The molecule has 0 radical (unpaired) electrons. The number of hydrogen-bond acceptors (Lipinski definition) is 4. The Labute approximate surface area is 164 Å². The number of ketones is 1. The summed E-state index contributed by atoms with van der Waals surface area (Å²) in [4.78, 5) is 27.5. The lowest BCUT2D eigenvalue weighted by molar-refractivity contribution is -0.895. The number of nitrogens with zero attached hydrogens (tertiary/aromatic N) is 2. The number of aromatic nitrogens is 1. The van der Waals surface area contributed by atoms with Gasteiger partial charge in [0.15, 0.2) is 11.5 Å². The van der Waals surface area contributed by atoms with Crippen LogP contribution in [0.15, 0.2) is 24.3 Å². The Balaban J connectivity index is 1.51. The van der Waals surface area contributed by atoms with Gasteiger partial charge in [0.25, 0.3) is 0 Å². The largest absolute Gasteiger partial charge is 0.454 e. The number of hydrogen-bond donors (Lipinski definition) is 1. The molecule has 2 aromatic rings. The second-order valence-corrected chi connectivity index (χ2v) is 7.51. The number of ether oxygens (including phenoxy) is 2. The highest BCUT2D eigenvalue weighted by atomic mass is 16.7. The van der Waals surface area contributed by atoms with Crippen LogP contribution < -0.4 is 14.4 Å². The highest BCUT2D eigenvalue weighted by Crippen LogP contribution is 2.34. The van der Waals surface area contributed by atoms with Gasteiger partial charge in [-0.1, -0.05) is 0 Å². The van der Waals surface area contributed by atoms with Crippen molar-refractivity contribution < 1.29 is 24.0 Å². The molecule has 1 N–H and O–H groups in total. The van der Waals surface area contributed by atoms with Crippen molar-refractivity contribution in [1.29, 1.82) is 0 Å². The fraction of sp³-hybridized carbons (Fsp3) is 0.429. The standard InChI is InChI=1S/C21H25N3O4/c1-14-10-18(19(26)12-22-6-8-23(9-7-22)16(3)25)15(2)24(14)17-4-5-20-21(11-17)28-13-27-20/h4-5,10-11H,6-9,12-13H2,1-3H3/p+1. The third-order valence-corrected chi connectivity index (χ3v) is 5.67. The molecule has 3 heterocycles. The molecule has 148 valence electrons. The van der Waals surface area contributed by atoms with Gasteiger partial charge in [-0.2, -0.15) is 0 Å². The van der Waals surface area contributed by atoms with Gasteiger partial charge in [-0.15, -0.1) is 0 Å². The molecule has 2 aliphatic heterocycles. The lowest BCUT2D eigenvalue weighted by Crippen LogP contribution is -3.15. The van der Waals surface area contributed by atoms with Gasteiger partial charge in [-0.3, -0.25) is 9.59 Å². The summed E-state index contributed by atoms with van der Waals surface area (Å²) in [5.74, 6) is 1.73. The average Bonchev–Trinajstić information content (AvgIpc) is 3.25. The number of benzene rings is 1. The molecule has 0 spiro atoms. The van der Waals surface area contributed by atoms with Crippen molar-refractivity contribution in [3.63, 3.8) is 0 Å². The van der Waals surface area contributed by atoms with E-state index in [0.717, 1.165) is 47.2 Å². The lowest BCUT2D eigenvalue weighted by Gasteiger charge is -2.31. The second-order valence-electron chi connectivity index (χ2n) is 7.51. The van der Waals surface area contributed by atoms with Crippen molar-refractivity contribution in [3.05, 3.63) is 41.2 Å². The summed E-state index contributed by atoms with van der Waals surface area (Å²) in [6, 6.07) is 7.79. The zero-order valence-electron chi connectivity index (χ0n) is 16.6.